The van der Waals surface area contributed by atoms with Gasteiger partial charge in [-0.2, -0.15) is 0 Å². The van der Waals surface area contributed by atoms with Gasteiger partial charge in [0, 0.05) is 6.20 Å². The monoisotopic (exact) mass is 176 g/mol. The van der Waals surface area contributed by atoms with E-state index in [1.54, 1.807) is 12.3 Å². The Morgan fingerprint density at radius 2 is 2.36 bits per heavy atom. The minimum Gasteiger partial charge on any atom is -0.464 e. The average Bonchev–Trinajstić information content (AvgIpc) is 2.34. The van der Waals surface area contributed by atoms with Crippen LogP contribution in [0.25, 0.3) is 0 Å². The third-order valence-corrected chi connectivity index (χ3v) is 1.17. The number of carbonyl (C=O) groups is 1. The molecule has 0 spiro atoms. The number of nitrogens with two attached hydrogens (primary N) is 1. The second kappa shape index (κ2) is 3.88. The van der Waals surface area contributed by atoms with Gasteiger partial charge >= 0.3 is 5.97 Å². The standard InChI is InChI=1S/C6H8N2O2.ClH/c1-10-6(9)5-4(7)2-3-8-5;/h2-3,8H,7H2,1H3;1H. The third-order valence-electron chi connectivity index (χ3n) is 1.17. The Balaban J connectivity index is 0.000001000. The molecule has 3 N–H and O–H groups in total. The summed E-state index contributed by atoms with van der Waals surface area (Å²) in [6, 6.07) is 1.60. The van der Waals surface area contributed by atoms with Crippen LogP contribution in [0, 0.1) is 0 Å². The normalized spacial score (nSPS) is 8.45. The van der Waals surface area contributed by atoms with Crippen LogP contribution in [0.4, 0.5) is 5.69 Å². The maximum atomic E-state index is 10.8. The first-order valence-electron chi connectivity index (χ1n) is 2.77. The fraction of sp³-hybridized carbons (Fsp3) is 0.167. The highest BCUT2D eigenvalue weighted by molar-refractivity contribution is 5.92. The summed E-state index contributed by atoms with van der Waals surface area (Å²) in [5.41, 5.74) is 6.10. The van der Waals surface area contributed by atoms with Gasteiger partial charge in [-0.15, -0.1) is 12.4 Å². The Morgan fingerprint density at radius 1 is 1.73 bits per heavy atom. The number of aromatic amines is 1. The molecular formula is C6H9ClN2O2. The number of nitrogen functional groups attached to an aromatic ring is 1. The van der Waals surface area contributed by atoms with Gasteiger partial charge in [-0.05, 0) is 6.07 Å². The number of esters is 1. The zero-order chi connectivity index (χ0) is 7.56. The van der Waals surface area contributed by atoms with Gasteiger partial charge in [-0.3, -0.25) is 0 Å². The highest BCUT2D eigenvalue weighted by Gasteiger charge is 2.08. The molecule has 1 rings (SSSR count). The lowest BCUT2D eigenvalue weighted by molar-refractivity contribution is 0.0596. The zero-order valence-corrected chi connectivity index (χ0v) is 6.77. The molecule has 0 aliphatic rings. The van der Waals surface area contributed by atoms with Crippen LogP contribution < -0.4 is 5.73 Å². The number of ether oxygens (including phenoxy) is 1. The number of methoxy groups -OCH3 is 1. The summed E-state index contributed by atoms with van der Waals surface area (Å²) in [5, 5.41) is 0. The van der Waals surface area contributed by atoms with Gasteiger partial charge in [0.2, 0.25) is 0 Å². The van der Waals surface area contributed by atoms with Crippen molar-refractivity contribution in [2.75, 3.05) is 12.8 Å². The SMILES string of the molecule is COC(=O)c1[nH]ccc1N.Cl. The fourth-order valence-corrected chi connectivity index (χ4v) is 0.660. The van der Waals surface area contributed by atoms with E-state index in [0.29, 0.717) is 11.4 Å². The molecule has 0 aliphatic carbocycles. The van der Waals surface area contributed by atoms with E-state index in [1.165, 1.54) is 7.11 Å². The van der Waals surface area contributed by atoms with Gasteiger partial charge in [0.15, 0.2) is 0 Å². The first kappa shape index (κ1) is 9.84. The number of hydrogen-bond donors (Lipinski definition) is 2. The molecule has 0 atom stereocenters. The van der Waals surface area contributed by atoms with Crippen LogP contribution in [0.1, 0.15) is 10.5 Å². The van der Waals surface area contributed by atoms with Crippen molar-refractivity contribution >= 4 is 24.1 Å². The van der Waals surface area contributed by atoms with Gasteiger partial charge in [0.25, 0.3) is 0 Å². The molecule has 1 aromatic rings. The molecule has 0 radical (unpaired) electrons. The Morgan fingerprint density at radius 3 is 2.73 bits per heavy atom. The molecule has 5 heteroatoms. The summed E-state index contributed by atoms with van der Waals surface area (Å²) < 4.78 is 4.43. The minimum atomic E-state index is -0.442. The average molecular weight is 177 g/mol. The predicted octanol–water partition coefficient (Wildman–Crippen LogP) is 0.805. The molecule has 0 saturated carbocycles. The number of aromatic nitrogens is 1. The fourth-order valence-electron chi connectivity index (χ4n) is 0.660. The molecular weight excluding hydrogens is 168 g/mol. The van der Waals surface area contributed by atoms with Crippen LogP contribution in [0.2, 0.25) is 0 Å². The van der Waals surface area contributed by atoms with Crippen molar-refractivity contribution in [3.8, 4) is 0 Å². The number of rotatable bonds is 1. The minimum absolute atomic E-state index is 0. The molecule has 0 aliphatic heterocycles. The van der Waals surface area contributed by atoms with E-state index in [4.69, 9.17) is 5.73 Å². The summed E-state index contributed by atoms with van der Waals surface area (Å²) in [6.07, 6.45) is 1.58. The number of nitrogens with one attached hydrogen (secondary N) is 1. The van der Waals surface area contributed by atoms with E-state index < -0.39 is 5.97 Å². The molecule has 0 aromatic carbocycles. The molecule has 0 unspecified atom stereocenters. The van der Waals surface area contributed by atoms with Crippen LogP contribution in [0.5, 0.6) is 0 Å². The van der Waals surface area contributed by atoms with Crippen molar-refractivity contribution in [3.63, 3.8) is 0 Å². The lowest BCUT2D eigenvalue weighted by atomic mass is 10.4. The quantitative estimate of drug-likeness (QED) is 0.622. The molecule has 4 nitrogen and oxygen atoms in total. The van der Waals surface area contributed by atoms with Gasteiger partial charge < -0.3 is 15.5 Å². The van der Waals surface area contributed by atoms with Crippen LogP contribution in [0.3, 0.4) is 0 Å². The number of halogens is 1. The number of hydrogen-bond acceptors (Lipinski definition) is 3. The van der Waals surface area contributed by atoms with Crippen LogP contribution in [-0.2, 0) is 4.74 Å². The number of carbonyl (C=O) groups excluding carboxylic acids is 1. The van der Waals surface area contributed by atoms with Crippen molar-refractivity contribution in [2.45, 2.75) is 0 Å². The first-order chi connectivity index (χ1) is 4.75. The molecule has 1 heterocycles. The summed E-state index contributed by atoms with van der Waals surface area (Å²) in [4.78, 5) is 13.4. The van der Waals surface area contributed by atoms with Crippen molar-refractivity contribution < 1.29 is 9.53 Å². The van der Waals surface area contributed by atoms with E-state index in [2.05, 4.69) is 9.72 Å². The van der Waals surface area contributed by atoms with E-state index in [-0.39, 0.29) is 12.4 Å². The van der Waals surface area contributed by atoms with Gasteiger partial charge in [0.05, 0.1) is 12.8 Å². The molecule has 0 saturated heterocycles. The van der Waals surface area contributed by atoms with Gasteiger partial charge in [-0.1, -0.05) is 0 Å². The molecule has 0 fully saturated rings. The molecule has 0 amide bonds. The smallest absolute Gasteiger partial charge is 0.356 e. The van der Waals surface area contributed by atoms with E-state index in [9.17, 15) is 4.79 Å². The maximum Gasteiger partial charge on any atom is 0.356 e. The molecule has 11 heavy (non-hydrogen) atoms. The van der Waals surface area contributed by atoms with E-state index >= 15 is 0 Å². The van der Waals surface area contributed by atoms with E-state index in [0.717, 1.165) is 0 Å². The number of anilines is 1. The summed E-state index contributed by atoms with van der Waals surface area (Å²) in [7, 11) is 1.31. The topological polar surface area (TPSA) is 68.1 Å². The van der Waals surface area contributed by atoms with Crippen molar-refractivity contribution in [1.29, 1.82) is 0 Å². The zero-order valence-electron chi connectivity index (χ0n) is 5.96. The molecule has 62 valence electrons. The number of H-pyrrole nitrogens is 1. The second-order valence-electron chi connectivity index (χ2n) is 1.80. The Kier molecular flexibility index (Phi) is 3.47. The summed E-state index contributed by atoms with van der Waals surface area (Å²) in [5.74, 6) is -0.442. The Labute approximate surface area is 70.1 Å². The molecule has 1 aromatic heterocycles. The largest absolute Gasteiger partial charge is 0.464 e. The lowest BCUT2D eigenvalue weighted by Gasteiger charge is -1.95. The Bertz CT molecular complexity index is 246. The van der Waals surface area contributed by atoms with Crippen LogP contribution in [0.15, 0.2) is 12.3 Å². The molecule has 0 bridgehead atoms. The summed E-state index contributed by atoms with van der Waals surface area (Å²) in [6.45, 7) is 0. The highest BCUT2D eigenvalue weighted by Crippen LogP contribution is 2.08. The Hall–Kier alpha value is -1.16. The van der Waals surface area contributed by atoms with Crippen LogP contribution in [-0.4, -0.2) is 18.1 Å². The third kappa shape index (κ3) is 1.88. The maximum absolute atomic E-state index is 10.8. The van der Waals surface area contributed by atoms with Crippen molar-refractivity contribution in [1.82, 2.24) is 4.98 Å². The lowest BCUT2D eigenvalue weighted by Crippen LogP contribution is -2.04. The second-order valence-corrected chi connectivity index (χ2v) is 1.80. The van der Waals surface area contributed by atoms with Gasteiger partial charge in [-0.25, -0.2) is 4.79 Å². The van der Waals surface area contributed by atoms with Crippen molar-refractivity contribution in [2.24, 2.45) is 0 Å². The summed E-state index contributed by atoms with van der Waals surface area (Å²) >= 11 is 0. The van der Waals surface area contributed by atoms with Gasteiger partial charge in [0.1, 0.15) is 5.69 Å². The first-order valence-corrected chi connectivity index (χ1v) is 2.77. The van der Waals surface area contributed by atoms with Crippen LogP contribution >= 0.6 is 12.4 Å². The predicted molar refractivity (Wildman–Crippen MR) is 43.8 cm³/mol. The van der Waals surface area contributed by atoms with E-state index in [1.807, 2.05) is 0 Å². The van der Waals surface area contributed by atoms with Crippen molar-refractivity contribution in [3.05, 3.63) is 18.0 Å². The highest BCUT2D eigenvalue weighted by atomic mass is 35.5.